The highest BCUT2D eigenvalue weighted by molar-refractivity contribution is 6.61. The lowest BCUT2D eigenvalue weighted by molar-refractivity contribution is 0.274. The van der Waals surface area contributed by atoms with Crippen LogP contribution in [-0.4, -0.2) is 17.2 Å². The Morgan fingerprint density at radius 3 is 2.43 bits per heavy atom. The predicted octanol–water partition coefficient (Wildman–Crippen LogP) is 2.85. The van der Waals surface area contributed by atoms with Crippen LogP contribution in [0.4, 0.5) is 0 Å². The highest BCUT2D eigenvalue weighted by Gasteiger charge is 2.27. The first-order valence-corrected chi connectivity index (χ1v) is 8.68. The number of ether oxygens (including phenoxy) is 2. The van der Waals surface area contributed by atoms with Crippen molar-refractivity contribution in [2.24, 2.45) is 0 Å². The van der Waals surface area contributed by atoms with Gasteiger partial charge in [0.05, 0.1) is 24.8 Å². The highest BCUT2D eigenvalue weighted by Crippen LogP contribution is 2.31. The van der Waals surface area contributed by atoms with E-state index in [9.17, 15) is 10.1 Å². The molecule has 1 aliphatic rings. The predicted molar refractivity (Wildman–Crippen MR) is 103 cm³/mol. The fourth-order valence-corrected chi connectivity index (χ4v) is 2.97. The molecule has 0 radical (unpaired) electrons. The van der Waals surface area contributed by atoms with Gasteiger partial charge >= 0.3 is 7.12 Å². The number of rotatable bonds is 5. The molecule has 0 spiro atoms. The lowest BCUT2D eigenvalue weighted by Crippen LogP contribution is -2.27. The summed E-state index contributed by atoms with van der Waals surface area (Å²) in [6.07, 6.45) is 0. The van der Waals surface area contributed by atoms with Gasteiger partial charge in [0.2, 0.25) is 0 Å². The van der Waals surface area contributed by atoms with Crippen LogP contribution in [0, 0.1) is 11.3 Å². The van der Waals surface area contributed by atoms with Crippen molar-refractivity contribution >= 4 is 12.6 Å². The Labute approximate surface area is 162 Å². The number of hydrogen-bond acceptors (Lipinski definition) is 6. The Hall–Kier alpha value is -3.31. The average Bonchev–Trinajstić information content (AvgIpc) is 3.10. The van der Waals surface area contributed by atoms with Gasteiger partial charge < -0.3 is 24.3 Å². The van der Waals surface area contributed by atoms with Crippen LogP contribution in [0.1, 0.15) is 16.7 Å². The maximum Gasteiger partial charge on any atom is 0.491 e. The van der Waals surface area contributed by atoms with Crippen LogP contribution in [0.25, 0.3) is 0 Å². The minimum atomic E-state index is -0.893. The van der Waals surface area contributed by atoms with Gasteiger partial charge in [-0.15, -0.1) is 0 Å². The topological polar surface area (TPSA) is 91.9 Å². The molecular weight excluding hydrogens is 357 g/mol. The molecule has 3 aromatic rings. The van der Waals surface area contributed by atoms with Crippen molar-refractivity contribution in [3.8, 4) is 29.1 Å². The van der Waals surface area contributed by atoms with Crippen LogP contribution < -0.4 is 14.9 Å². The molecule has 0 saturated carbocycles. The number of benzene rings is 3. The SMILES string of the molecule is N#Cc1ccc(Oc2ccc(Oc3ccc4c(c3)COB4O)c(CO)c2)cc1. The summed E-state index contributed by atoms with van der Waals surface area (Å²) < 4.78 is 16.9. The largest absolute Gasteiger partial charge is 0.491 e. The molecule has 0 unspecified atom stereocenters. The molecule has 6 nitrogen and oxygen atoms in total. The molecule has 0 atom stereocenters. The Balaban J connectivity index is 1.53. The molecule has 0 fully saturated rings. The van der Waals surface area contributed by atoms with E-state index in [0.29, 0.717) is 40.7 Å². The van der Waals surface area contributed by atoms with Gasteiger partial charge in [-0.1, -0.05) is 6.07 Å². The van der Waals surface area contributed by atoms with E-state index in [-0.39, 0.29) is 6.61 Å². The Bertz CT molecular complexity index is 1050. The van der Waals surface area contributed by atoms with Crippen molar-refractivity contribution < 1.29 is 24.3 Å². The lowest BCUT2D eigenvalue weighted by atomic mass is 9.80. The monoisotopic (exact) mass is 373 g/mol. The quantitative estimate of drug-likeness (QED) is 0.669. The maximum atomic E-state index is 9.72. The summed E-state index contributed by atoms with van der Waals surface area (Å²) in [4.78, 5) is 0. The first-order chi connectivity index (χ1) is 13.7. The molecule has 3 aromatic carbocycles. The van der Waals surface area contributed by atoms with E-state index in [1.165, 1.54) is 0 Å². The number of hydrogen-bond donors (Lipinski definition) is 2. The second-order valence-corrected chi connectivity index (χ2v) is 6.29. The van der Waals surface area contributed by atoms with Crippen LogP contribution in [0.3, 0.4) is 0 Å². The van der Waals surface area contributed by atoms with Gasteiger partial charge in [0.15, 0.2) is 0 Å². The summed E-state index contributed by atoms with van der Waals surface area (Å²) in [5, 5.41) is 28.3. The zero-order valence-corrected chi connectivity index (χ0v) is 14.8. The number of nitriles is 1. The maximum absolute atomic E-state index is 9.72. The molecule has 0 aliphatic carbocycles. The van der Waals surface area contributed by atoms with Gasteiger partial charge in [0, 0.05) is 5.56 Å². The first kappa shape index (κ1) is 18.1. The van der Waals surface area contributed by atoms with Gasteiger partial charge in [-0.05, 0) is 65.6 Å². The van der Waals surface area contributed by atoms with Crippen molar-refractivity contribution in [2.75, 3.05) is 0 Å². The molecule has 0 bridgehead atoms. The first-order valence-electron chi connectivity index (χ1n) is 8.68. The Morgan fingerprint density at radius 2 is 1.68 bits per heavy atom. The van der Waals surface area contributed by atoms with Gasteiger partial charge in [-0.25, -0.2) is 0 Å². The Morgan fingerprint density at radius 1 is 0.964 bits per heavy atom. The number of nitrogens with zero attached hydrogens (tertiary/aromatic N) is 1. The molecule has 7 heteroatoms. The minimum absolute atomic E-state index is 0.216. The van der Waals surface area contributed by atoms with E-state index in [2.05, 4.69) is 6.07 Å². The molecule has 2 N–H and O–H groups in total. The fourth-order valence-electron chi connectivity index (χ4n) is 2.97. The smallest absolute Gasteiger partial charge is 0.457 e. The standard InChI is InChI=1S/C21H16BNO5/c23-11-14-1-3-17(4-2-14)27-18-6-8-21(15(9-18)12-24)28-19-5-7-20-16(10-19)13-26-22(20)25/h1-10,24-25H,12-13H2. The van der Waals surface area contributed by atoms with E-state index >= 15 is 0 Å². The molecule has 4 rings (SSSR count). The van der Waals surface area contributed by atoms with Crippen molar-refractivity contribution in [2.45, 2.75) is 13.2 Å². The third-order valence-corrected chi connectivity index (χ3v) is 4.43. The van der Waals surface area contributed by atoms with Crippen LogP contribution >= 0.6 is 0 Å². The number of aliphatic hydroxyl groups is 1. The molecule has 0 aromatic heterocycles. The van der Waals surface area contributed by atoms with Crippen LogP contribution in [0.2, 0.25) is 0 Å². The van der Waals surface area contributed by atoms with Crippen LogP contribution in [0.15, 0.2) is 60.7 Å². The summed E-state index contributed by atoms with van der Waals surface area (Å²) in [5.74, 6) is 2.24. The second-order valence-electron chi connectivity index (χ2n) is 6.29. The van der Waals surface area contributed by atoms with Crippen molar-refractivity contribution in [1.82, 2.24) is 0 Å². The fraction of sp³-hybridized carbons (Fsp3) is 0.0952. The van der Waals surface area contributed by atoms with E-state index in [1.807, 2.05) is 6.07 Å². The normalized spacial score (nSPS) is 12.4. The van der Waals surface area contributed by atoms with Crippen LogP contribution in [0.5, 0.6) is 23.0 Å². The zero-order valence-electron chi connectivity index (χ0n) is 14.8. The van der Waals surface area contributed by atoms with E-state index in [1.54, 1.807) is 54.6 Å². The lowest BCUT2D eigenvalue weighted by Gasteiger charge is -2.13. The van der Waals surface area contributed by atoms with Gasteiger partial charge in [-0.2, -0.15) is 5.26 Å². The summed E-state index contributed by atoms with van der Waals surface area (Å²) in [7, 11) is -0.893. The summed E-state index contributed by atoms with van der Waals surface area (Å²) >= 11 is 0. The molecular formula is C21H16BNO5. The van der Waals surface area contributed by atoms with Gasteiger partial charge in [0.25, 0.3) is 0 Å². The van der Waals surface area contributed by atoms with Gasteiger partial charge in [-0.3, -0.25) is 0 Å². The molecule has 1 aliphatic heterocycles. The summed E-state index contributed by atoms with van der Waals surface area (Å²) in [5.41, 5.74) is 2.74. The molecule has 0 saturated heterocycles. The van der Waals surface area contributed by atoms with E-state index in [0.717, 1.165) is 11.0 Å². The van der Waals surface area contributed by atoms with Crippen LogP contribution in [-0.2, 0) is 17.9 Å². The Kier molecular flexibility index (Phi) is 5.00. The van der Waals surface area contributed by atoms with E-state index < -0.39 is 7.12 Å². The summed E-state index contributed by atoms with van der Waals surface area (Å²) in [6.45, 7) is 0.116. The second kappa shape index (κ2) is 7.75. The van der Waals surface area contributed by atoms with Crippen molar-refractivity contribution in [3.63, 3.8) is 0 Å². The minimum Gasteiger partial charge on any atom is -0.457 e. The summed E-state index contributed by atoms with van der Waals surface area (Å²) in [6, 6.07) is 19.3. The third-order valence-electron chi connectivity index (χ3n) is 4.43. The zero-order chi connectivity index (χ0) is 19.5. The molecule has 138 valence electrons. The molecule has 28 heavy (non-hydrogen) atoms. The number of fused-ring (bicyclic) bond motifs is 1. The molecule has 1 heterocycles. The van der Waals surface area contributed by atoms with Gasteiger partial charge in [0.1, 0.15) is 23.0 Å². The third kappa shape index (κ3) is 3.70. The molecule has 0 amide bonds. The highest BCUT2D eigenvalue weighted by atomic mass is 16.5. The van der Waals surface area contributed by atoms with Crippen molar-refractivity contribution in [3.05, 3.63) is 77.4 Å². The number of aliphatic hydroxyl groups excluding tert-OH is 1. The van der Waals surface area contributed by atoms with E-state index in [4.69, 9.17) is 19.4 Å². The average molecular weight is 373 g/mol. The van der Waals surface area contributed by atoms with Crippen molar-refractivity contribution in [1.29, 1.82) is 5.26 Å².